The van der Waals surface area contributed by atoms with Gasteiger partial charge in [0.25, 0.3) is 11.8 Å². The molecule has 5 nitrogen and oxygen atoms in total. The van der Waals surface area contributed by atoms with Crippen molar-refractivity contribution < 1.29 is 9.59 Å². The van der Waals surface area contributed by atoms with Crippen LogP contribution < -0.4 is 10.6 Å². The van der Waals surface area contributed by atoms with Crippen LogP contribution >= 0.6 is 0 Å². The Labute approximate surface area is 148 Å². The Morgan fingerprint density at radius 3 is 2.36 bits per heavy atom. The number of carbonyl (C=O) groups excluding carboxylic acids is 2. The van der Waals surface area contributed by atoms with Gasteiger partial charge in [-0.15, -0.1) is 0 Å². The summed E-state index contributed by atoms with van der Waals surface area (Å²) < 4.78 is 0. The molecule has 0 radical (unpaired) electrons. The van der Waals surface area contributed by atoms with Crippen LogP contribution in [0.1, 0.15) is 39.1 Å². The third-order valence-corrected chi connectivity index (χ3v) is 4.40. The monoisotopic (exact) mass is 337 g/mol. The van der Waals surface area contributed by atoms with Crippen molar-refractivity contribution in [3.05, 3.63) is 65.2 Å². The van der Waals surface area contributed by atoms with Gasteiger partial charge in [0.05, 0.1) is 0 Å². The normalized spacial score (nSPS) is 14.3. The van der Waals surface area contributed by atoms with Gasteiger partial charge in [0.1, 0.15) is 0 Å². The Morgan fingerprint density at radius 1 is 0.960 bits per heavy atom. The molecule has 0 atom stereocenters. The summed E-state index contributed by atoms with van der Waals surface area (Å²) in [5.41, 5.74) is 2.90. The van der Waals surface area contributed by atoms with E-state index in [1.165, 1.54) is 12.8 Å². The molecule has 0 unspecified atom stereocenters. The standard InChI is InChI=1S/C20H23N3O2/c1-21-19(24)17-8-5-9-18(13-17)22-20(25)16-7-4-6-15(12-16)14-23-10-2-3-11-23/h4-9,12-13H,2-3,10-11,14H2,1H3,(H,21,24)(H,22,25). The maximum Gasteiger partial charge on any atom is 0.255 e. The zero-order chi connectivity index (χ0) is 17.6. The van der Waals surface area contributed by atoms with Gasteiger partial charge in [0, 0.05) is 30.4 Å². The van der Waals surface area contributed by atoms with Crippen LogP contribution in [0, 0.1) is 0 Å². The molecule has 3 rings (SSSR count). The summed E-state index contributed by atoms with van der Waals surface area (Å²) in [6.45, 7) is 3.14. The van der Waals surface area contributed by atoms with Crippen molar-refractivity contribution in [2.75, 3.05) is 25.5 Å². The van der Waals surface area contributed by atoms with Crippen LogP contribution in [0.5, 0.6) is 0 Å². The molecule has 130 valence electrons. The zero-order valence-electron chi connectivity index (χ0n) is 14.4. The van der Waals surface area contributed by atoms with Crippen molar-refractivity contribution in [1.29, 1.82) is 0 Å². The van der Waals surface area contributed by atoms with E-state index in [0.29, 0.717) is 16.8 Å². The highest BCUT2D eigenvalue weighted by molar-refractivity contribution is 6.05. The molecule has 0 aromatic heterocycles. The number of hydrogen-bond acceptors (Lipinski definition) is 3. The summed E-state index contributed by atoms with van der Waals surface area (Å²) in [5, 5.41) is 5.44. The Balaban J connectivity index is 1.69. The highest BCUT2D eigenvalue weighted by atomic mass is 16.2. The van der Waals surface area contributed by atoms with Crippen molar-refractivity contribution >= 4 is 17.5 Å². The van der Waals surface area contributed by atoms with Crippen LogP contribution in [0.25, 0.3) is 0 Å². The Kier molecular flexibility index (Phi) is 5.46. The lowest BCUT2D eigenvalue weighted by atomic mass is 10.1. The van der Waals surface area contributed by atoms with Gasteiger partial charge >= 0.3 is 0 Å². The lowest BCUT2D eigenvalue weighted by Gasteiger charge is -2.15. The molecule has 0 saturated carbocycles. The average molecular weight is 337 g/mol. The minimum absolute atomic E-state index is 0.169. The number of amides is 2. The first-order valence-electron chi connectivity index (χ1n) is 8.60. The van der Waals surface area contributed by atoms with Crippen LogP contribution in [0.15, 0.2) is 48.5 Å². The van der Waals surface area contributed by atoms with Crippen molar-refractivity contribution in [3.63, 3.8) is 0 Å². The molecule has 2 aromatic rings. The third kappa shape index (κ3) is 4.45. The predicted molar refractivity (Wildman–Crippen MR) is 98.7 cm³/mol. The zero-order valence-corrected chi connectivity index (χ0v) is 14.4. The average Bonchev–Trinajstić information content (AvgIpc) is 3.14. The summed E-state index contributed by atoms with van der Waals surface area (Å²) in [6, 6.07) is 14.6. The molecule has 5 heteroatoms. The van der Waals surface area contributed by atoms with E-state index in [0.717, 1.165) is 25.2 Å². The molecule has 2 amide bonds. The van der Waals surface area contributed by atoms with Gasteiger partial charge in [-0.3, -0.25) is 14.5 Å². The van der Waals surface area contributed by atoms with Crippen molar-refractivity contribution in [2.45, 2.75) is 19.4 Å². The Hall–Kier alpha value is -2.66. The minimum Gasteiger partial charge on any atom is -0.355 e. The topological polar surface area (TPSA) is 61.4 Å². The summed E-state index contributed by atoms with van der Waals surface area (Å²) in [7, 11) is 1.58. The molecular formula is C20H23N3O2. The van der Waals surface area contributed by atoms with Gasteiger partial charge < -0.3 is 10.6 Å². The number of anilines is 1. The molecule has 1 aliphatic rings. The quantitative estimate of drug-likeness (QED) is 0.882. The molecule has 0 aliphatic carbocycles. The Bertz CT molecular complexity index is 767. The highest BCUT2D eigenvalue weighted by Crippen LogP contribution is 2.16. The van der Waals surface area contributed by atoms with Crippen molar-refractivity contribution in [2.24, 2.45) is 0 Å². The number of likely N-dealkylation sites (tertiary alicyclic amines) is 1. The third-order valence-electron chi connectivity index (χ3n) is 4.40. The molecule has 1 fully saturated rings. The van der Waals surface area contributed by atoms with E-state index in [1.807, 2.05) is 18.2 Å². The maximum atomic E-state index is 12.5. The van der Waals surface area contributed by atoms with Gasteiger partial charge in [-0.25, -0.2) is 0 Å². The molecule has 0 bridgehead atoms. The highest BCUT2D eigenvalue weighted by Gasteiger charge is 2.13. The van der Waals surface area contributed by atoms with Gasteiger partial charge in [-0.2, -0.15) is 0 Å². The lowest BCUT2D eigenvalue weighted by molar-refractivity contribution is 0.0961. The molecule has 2 aromatic carbocycles. The van der Waals surface area contributed by atoms with Crippen molar-refractivity contribution in [1.82, 2.24) is 10.2 Å². The van der Waals surface area contributed by atoms with Gasteiger partial charge in [-0.05, 0) is 61.8 Å². The summed E-state index contributed by atoms with van der Waals surface area (Å²) in [4.78, 5) is 26.6. The predicted octanol–water partition coefficient (Wildman–Crippen LogP) is 2.89. The van der Waals surface area contributed by atoms with E-state index < -0.39 is 0 Å². The second kappa shape index (κ2) is 7.94. The fraction of sp³-hybridized carbons (Fsp3) is 0.300. The van der Waals surface area contributed by atoms with E-state index in [1.54, 1.807) is 31.3 Å². The van der Waals surface area contributed by atoms with Gasteiger partial charge in [0.15, 0.2) is 0 Å². The van der Waals surface area contributed by atoms with E-state index in [2.05, 4.69) is 21.6 Å². The molecule has 2 N–H and O–H groups in total. The van der Waals surface area contributed by atoms with Crippen LogP contribution in [0.2, 0.25) is 0 Å². The molecule has 1 aliphatic heterocycles. The minimum atomic E-state index is -0.177. The molecule has 1 heterocycles. The lowest BCUT2D eigenvalue weighted by Crippen LogP contribution is -2.19. The summed E-state index contributed by atoms with van der Waals surface area (Å²) in [5.74, 6) is -0.346. The molecular weight excluding hydrogens is 314 g/mol. The van der Waals surface area contributed by atoms with E-state index in [4.69, 9.17) is 0 Å². The maximum absolute atomic E-state index is 12.5. The summed E-state index contributed by atoms with van der Waals surface area (Å²) in [6.07, 6.45) is 2.50. The Morgan fingerprint density at radius 2 is 1.64 bits per heavy atom. The smallest absolute Gasteiger partial charge is 0.255 e. The van der Waals surface area contributed by atoms with E-state index >= 15 is 0 Å². The molecule has 25 heavy (non-hydrogen) atoms. The van der Waals surface area contributed by atoms with Crippen LogP contribution in [0.4, 0.5) is 5.69 Å². The SMILES string of the molecule is CNC(=O)c1cccc(NC(=O)c2cccc(CN3CCCC3)c2)c1. The van der Waals surface area contributed by atoms with E-state index in [9.17, 15) is 9.59 Å². The van der Waals surface area contributed by atoms with Crippen LogP contribution in [0.3, 0.4) is 0 Å². The fourth-order valence-corrected chi connectivity index (χ4v) is 3.10. The van der Waals surface area contributed by atoms with E-state index in [-0.39, 0.29) is 11.8 Å². The second-order valence-electron chi connectivity index (χ2n) is 6.30. The number of rotatable bonds is 5. The number of carbonyl (C=O) groups is 2. The number of hydrogen-bond donors (Lipinski definition) is 2. The number of nitrogens with one attached hydrogen (secondary N) is 2. The molecule has 1 saturated heterocycles. The fourth-order valence-electron chi connectivity index (χ4n) is 3.10. The van der Waals surface area contributed by atoms with Gasteiger partial charge in [-0.1, -0.05) is 18.2 Å². The van der Waals surface area contributed by atoms with Crippen molar-refractivity contribution in [3.8, 4) is 0 Å². The van der Waals surface area contributed by atoms with Gasteiger partial charge in [0.2, 0.25) is 0 Å². The first kappa shape index (κ1) is 17.2. The summed E-state index contributed by atoms with van der Waals surface area (Å²) >= 11 is 0. The van der Waals surface area contributed by atoms with Crippen LogP contribution in [-0.4, -0.2) is 36.9 Å². The number of nitrogens with zero attached hydrogens (tertiary/aromatic N) is 1. The first-order chi connectivity index (χ1) is 12.2. The van der Waals surface area contributed by atoms with Crippen LogP contribution in [-0.2, 0) is 6.54 Å². The first-order valence-corrected chi connectivity index (χ1v) is 8.60. The molecule has 0 spiro atoms. The second-order valence-corrected chi connectivity index (χ2v) is 6.30. The largest absolute Gasteiger partial charge is 0.355 e. The number of benzene rings is 2.